The van der Waals surface area contributed by atoms with Crippen molar-refractivity contribution in [3.8, 4) is 34.5 Å². The van der Waals surface area contributed by atoms with Crippen molar-refractivity contribution in [1.29, 1.82) is 0 Å². The van der Waals surface area contributed by atoms with E-state index in [9.17, 15) is 19.2 Å². The number of ether oxygens (including phenoxy) is 6. The summed E-state index contributed by atoms with van der Waals surface area (Å²) in [7, 11) is 0. The largest absolute Gasteiger partial charge is 0.494 e. The molecule has 0 aliphatic carbocycles. The summed E-state index contributed by atoms with van der Waals surface area (Å²) in [4.78, 5) is 52.2. The quantitative estimate of drug-likeness (QED) is 0.0213. The first kappa shape index (κ1) is 58.3. The lowest BCUT2D eigenvalue weighted by Gasteiger charge is -2.11. The van der Waals surface area contributed by atoms with Gasteiger partial charge in [0.1, 0.15) is 34.5 Å². The Hall–Kier alpha value is -6.94. The Morgan fingerprint density at radius 1 is 0.303 bits per heavy atom. The van der Waals surface area contributed by atoms with Crippen molar-refractivity contribution in [3.63, 3.8) is 0 Å². The van der Waals surface area contributed by atoms with E-state index in [4.69, 9.17) is 28.4 Å². The summed E-state index contributed by atoms with van der Waals surface area (Å²) in [6.45, 7) is 5.80. The SMILES string of the molecule is CCCCCCCCCCCCCCOc1ccc(C(=O)Oc2ccc(C(=O)Oc3ccc4c(OC(=O)c5ccc(OC(=O)c6ccc(OCCCCCCCCCCCCCC)cc6)cc5)cccc4c3)cc2)cc1. The maximum Gasteiger partial charge on any atom is 0.343 e. The van der Waals surface area contributed by atoms with Crippen LogP contribution in [0, 0.1) is 0 Å². The first-order valence-electron chi connectivity index (χ1n) is 28.4. The Bertz CT molecular complexity index is 2640. The van der Waals surface area contributed by atoms with Gasteiger partial charge in [0.2, 0.25) is 0 Å². The highest BCUT2D eigenvalue weighted by Gasteiger charge is 2.16. The minimum atomic E-state index is -0.601. The lowest BCUT2D eigenvalue weighted by molar-refractivity contribution is 0.0721. The van der Waals surface area contributed by atoms with Crippen LogP contribution in [0.1, 0.15) is 209 Å². The van der Waals surface area contributed by atoms with E-state index in [-0.39, 0.29) is 28.4 Å². The van der Waals surface area contributed by atoms with Gasteiger partial charge in [-0.1, -0.05) is 167 Å². The monoisotopic (exact) mass is 1030 g/mol. The van der Waals surface area contributed by atoms with E-state index in [0.29, 0.717) is 52.4 Å². The fourth-order valence-electron chi connectivity index (χ4n) is 9.00. The van der Waals surface area contributed by atoms with Crippen molar-refractivity contribution in [3.05, 3.63) is 156 Å². The first-order chi connectivity index (χ1) is 37.3. The van der Waals surface area contributed by atoms with Crippen LogP contribution < -0.4 is 28.4 Å². The smallest absolute Gasteiger partial charge is 0.343 e. The minimum Gasteiger partial charge on any atom is -0.494 e. The normalized spacial score (nSPS) is 11.0. The van der Waals surface area contributed by atoms with Gasteiger partial charge < -0.3 is 28.4 Å². The number of carbonyl (C=O) groups is 4. The molecule has 6 aromatic rings. The molecule has 0 saturated carbocycles. The summed E-state index contributed by atoms with van der Waals surface area (Å²) in [5.41, 5.74) is 1.29. The molecule has 0 amide bonds. The van der Waals surface area contributed by atoms with Gasteiger partial charge in [-0.15, -0.1) is 0 Å². The molecule has 0 N–H and O–H groups in total. The van der Waals surface area contributed by atoms with Crippen molar-refractivity contribution in [2.24, 2.45) is 0 Å². The Labute approximate surface area is 451 Å². The fourth-order valence-corrected chi connectivity index (χ4v) is 9.00. The highest BCUT2D eigenvalue weighted by molar-refractivity contribution is 5.97. The molecule has 0 fully saturated rings. The van der Waals surface area contributed by atoms with Crippen LogP contribution in [-0.2, 0) is 0 Å². The van der Waals surface area contributed by atoms with Crippen molar-refractivity contribution in [1.82, 2.24) is 0 Å². The molecule has 6 aromatic carbocycles. The molecule has 404 valence electrons. The zero-order valence-electron chi connectivity index (χ0n) is 45.2. The van der Waals surface area contributed by atoms with Crippen LogP contribution in [0.2, 0.25) is 0 Å². The highest BCUT2D eigenvalue weighted by Crippen LogP contribution is 2.31. The lowest BCUT2D eigenvalue weighted by Crippen LogP contribution is -2.11. The fraction of sp³-hybridized carbons (Fsp3) is 0.424. The molecule has 0 spiro atoms. The summed E-state index contributed by atoms with van der Waals surface area (Å²) >= 11 is 0. The van der Waals surface area contributed by atoms with Crippen molar-refractivity contribution >= 4 is 34.6 Å². The molecular weight excluding hydrogens is 953 g/mol. The van der Waals surface area contributed by atoms with E-state index in [1.807, 2.05) is 6.07 Å². The zero-order chi connectivity index (χ0) is 53.4. The molecule has 0 heterocycles. The third kappa shape index (κ3) is 21.0. The number of fused-ring (bicyclic) bond motifs is 1. The summed E-state index contributed by atoms with van der Waals surface area (Å²) in [6, 6.07) is 36.4. The number of carbonyl (C=O) groups excluding carboxylic acids is 4. The lowest BCUT2D eigenvalue weighted by atomic mass is 10.1. The predicted molar refractivity (Wildman–Crippen MR) is 303 cm³/mol. The average Bonchev–Trinajstić information content (AvgIpc) is 3.44. The molecule has 10 heteroatoms. The van der Waals surface area contributed by atoms with Crippen LogP contribution in [0.5, 0.6) is 34.5 Å². The van der Waals surface area contributed by atoms with Crippen LogP contribution in [-0.4, -0.2) is 37.1 Å². The first-order valence-corrected chi connectivity index (χ1v) is 28.4. The number of hydrogen-bond acceptors (Lipinski definition) is 10. The molecule has 10 nitrogen and oxygen atoms in total. The Morgan fingerprint density at radius 3 is 0.974 bits per heavy atom. The van der Waals surface area contributed by atoms with E-state index in [1.165, 1.54) is 165 Å². The van der Waals surface area contributed by atoms with E-state index in [0.717, 1.165) is 25.7 Å². The van der Waals surface area contributed by atoms with Crippen LogP contribution in [0.4, 0.5) is 0 Å². The van der Waals surface area contributed by atoms with E-state index in [2.05, 4.69) is 13.8 Å². The van der Waals surface area contributed by atoms with Gasteiger partial charge in [-0.2, -0.15) is 0 Å². The second kappa shape index (κ2) is 33.9. The van der Waals surface area contributed by atoms with E-state index < -0.39 is 23.9 Å². The second-order valence-electron chi connectivity index (χ2n) is 19.8. The average molecular weight is 1030 g/mol. The topological polar surface area (TPSA) is 124 Å². The van der Waals surface area contributed by atoms with Crippen molar-refractivity contribution in [2.75, 3.05) is 13.2 Å². The maximum absolute atomic E-state index is 13.2. The van der Waals surface area contributed by atoms with Crippen LogP contribution >= 0.6 is 0 Å². The van der Waals surface area contributed by atoms with Crippen molar-refractivity contribution < 1.29 is 47.6 Å². The molecule has 76 heavy (non-hydrogen) atoms. The van der Waals surface area contributed by atoms with Crippen LogP contribution in [0.25, 0.3) is 10.8 Å². The summed E-state index contributed by atoms with van der Waals surface area (Å²) in [5, 5.41) is 1.31. The third-order valence-electron chi connectivity index (χ3n) is 13.5. The summed E-state index contributed by atoms with van der Waals surface area (Å²) in [6.07, 6.45) is 31.0. The number of rotatable bonds is 36. The van der Waals surface area contributed by atoms with Gasteiger partial charge in [-0.25, -0.2) is 19.2 Å². The molecule has 0 bridgehead atoms. The Balaban J connectivity index is 0.866. The summed E-state index contributed by atoms with van der Waals surface area (Å²) < 4.78 is 34.4. The maximum atomic E-state index is 13.2. The molecule has 0 radical (unpaired) electrons. The van der Waals surface area contributed by atoms with Gasteiger partial charge >= 0.3 is 23.9 Å². The second-order valence-corrected chi connectivity index (χ2v) is 19.8. The van der Waals surface area contributed by atoms with Gasteiger partial charge in [0.05, 0.1) is 35.5 Å². The van der Waals surface area contributed by atoms with Gasteiger partial charge in [0, 0.05) is 5.39 Å². The minimum absolute atomic E-state index is 0.261. The summed E-state index contributed by atoms with van der Waals surface area (Å²) in [5.74, 6) is 0.337. The van der Waals surface area contributed by atoms with E-state index in [1.54, 1.807) is 91.0 Å². The van der Waals surface area contributed by atoms with Crippen molar-refractivity contribution in [2.45, 2.75) is 168 Å². The third-order valence-corrected chi connectivity index (χ3v) is 13.5. The predicted octanol–water partition coefficient (Wildman–Crippen LogP) is 17.9. The number of hydrogen-bond donors (Lipinski definition) is 0. The van der Waals surface area contributed by atoms with Crippen LogP contribution in [0.15, 0.2) is 133 Å². The van der Waals surface area contributed by atoms with Gasteiger partial charge in [-0.3, -0.25) is 0 Å². The van der Waals surface area contributed by atoms with Gasteiger partial charge in [0.15, 0.2) is 0 Å². The molecule has 0 saturated heterocycles. The standard InChI is InChI=1S/C66H80O10/c1-3-5-7-9-11-13-15-17-19-21-23-25-48-71-56-38-30-51(31-39-56)63(67)73-58-42-34-53(35-43-58)65(69)75-60-46-47-61-55(50-60)28-27-29-62(61)76-66(70)54-36-44-59(45-37-54)74-64(68)52-32-40-57(41-33-52)72-49-26-24-22-20-18-16-14-12-10-8-6-4-2/h27-47,50H,3-26,48-49H2,1-2H3. The van der Waals surface area contributed by atoms with Gasteiger partial charge in [-0.05, 0) is 140 Å². The molecule has 0 aliphatic heterocycles. The molecule has 0 aliphatic rings. The number of esters is 4. The van der Waals surface area contributed by atoms with Crippen LogP contribution in [0.3, 0.4) is 0 Å². The molecule has 0 atom stereocenters. The number of benzene rings is 6. The molecule has 6 rings (SSSR count). The molecule has 0 unspecified atom stereocenters. The highest BCUT2D eigenvalue weighted by atomic mass is 16.5. The van der Waals surface area contributed by atoms with Gasteiger partial charge in [0.25, 0.3) is 0 Å². The molecule has 0 aromatic heterocycles. The molecular formula is C66H80O10. The zero-order valence-corrected chi connectivity index (χ0v) is 45.2. The Morgan fingerprint density at radius 2 is 0.605 bits per heavy atom. The Kier molecular flexibility index (Phi) is 26.0. The van der Waals surface area contributed by atoms with E-state index >= 15 is 0 Å². The number of unbranched alkanes of at least 4 members (excludes halogenated alkanes) is 22.